The van der Waals surface area contributed by atoms with E-state index in [1.807, 2.05) is 60.0 Å². The number of nitrogens with zero attached hydrogens (tertiary/aromatic N) is 2. The van der Waals surface area contributed by atoms with Gasteiger partial charge in [0.1, 0.15) is 22.9 Å². The maximum atomic E-state index is 13.3. The van der Waals surface area contributed by atoms with Gasteiger partial charge in [-0.05, 0) is 30.2 Å². The molecule has 0 saturated heterocycles. The summed E-state index contributed by atoms with van der Waals surface area (Å²) in [5.74, 6) is 0.775. The number of carbonyl (C=O) groups excluding carboxylic acids is 1. The predicted molar refractivity (Wildman–Crippen MR) is 122 cm³/mol. The largest absolute Gasteiger partial charge is 0.497 e. The first-order valence-corrected chi connectivity index (χ1v) is 10.8. The molecule has 2 heterocycles. The van der Waals surface area contributed by atoms with E-state index in [4.69, 9.17) is 9.47 Å². The number of hydrogen-bond donors (Lipinski definition) is 0. The smallest absolute Gasteiger partial charge is 0.326 e. The summed E-state index contributed by atoms with van der Waals surface area (Å²) in [7, 11) is 1.61. The maximum absolute atomic E-state index is 13.3. The van der Waals surface area contributed by atoms with Crippen LogP contribution in [0.3, 0.4) is 0 Å². The second-order valence-electron chi connectivity index (χ2n) is 7.06. The lowest BCUT2D eigenvalue weighted by molar-refractivity contribution is -0.144. The molecule has 31 heavy (non-hydrogen) atoms. The molecule has 0 amide bonds. The van der Waals surface area contributed by atoms with Crippen LogP contribution in [0.5, 0.6) is 5.75 Å². The van der Waals surface area contributed by atoms with E-state index in [9.17, 15) is 9.59 Å². The van der Waals surface area contributed by atoms with Crippen LogP contribution in [0.15, 0.2) is 64.8 Å². The van der Waals surface area contributed by atoms with Crippen molar-refractivity contribution in [3.05, 3.63) is 81.7 Å². The molecule has 0 radical (unpaired) electrons. The molecule has 2 aromatic heterocycles. The first-order valence-electron chi connectivity index (χ1n) is 9.89. The standard InChI is InChI=1S/C24H22N2O4S/c1-16-25-23-22(20(15-31-23)18-8-10-19(29-2)11-9-18)24(28)26(16)14-21(27)30-13-12-17-6-4-3-5-7-17/h3-11,15H,12-14H2,1-2H3. The Balaban J connectivity index is 1.56. The van der Waals surface area contributed by atoms with Crippen molar-refractivity contribution in [2.24, 2.45) is 0 Å². The molecule has 0 N–H and O–H groups in total. The predicted octanol–water partition coefficient (Wildman–Crippen LogP) is 4.23. The molecule has 0 aliphatic heterocycles. The van der Waals surface area contributed by atoms with Gasteiger partial charge in [-0.2, -0.15) is 0 Å². The van der Waals surface area contributed by atoms with Crippen LogP contribution in [0.1, 0.15) is 11.4 Å². The SMILES string of the molecule is COc1ccc(-c2csc3nc(C)n(CC(=O)OCCc4ccccc4)c(=O)c23)cc1. The number of aryl methyl sites for hydroxylation is 1. The molecule has 0 bridgehead atoms. The zero-order valence-electron chi connectivity index (χ0n) is 17.3. The van der Waals surface area contributed by atoms with E-state index < -0.39 is 5.97 Å². The quantitative estimate of drug-likeness (QED) is 0.407. The Morgan fingerprint density at radius 2 is 1.84 bits per heavy atom. The van der Waals surface area contributed by atoms with Crippen molar-refractivity contribution in [3.8, 4) is 16.9 Å². The summed E-state index contributed by atoms with van der Waals surface area (Å²) in [6.45, 7) is 1.83. The fourth-order valence-electron chi connectivity index (χ4n) is 3.40. The number of hydrogen-bond acceptors (Lipinski definition) is 6. The third-order valence-corrected chi connectivity index (χ3v) is 5.94. The number of esters is 1. The van der Waals surface area contributed by atoms with Crippen LogP contribution >= 0.6 is 11.3 Å². The number of fused-ring (bicyclic) bond motifs is 1. The van der Waals surface area contributed by atoms with Gasteiger partial charge < -0.3 is 9.47 Å². The summed E-state index contributed by atoms with van der Waals surface area (Å²) in [5.41, 5.74) is 2.54. The lowest BCUT2D eigenvalue weighted by atomic mass is 10.1. The number of ether oxygens (including phenoxy) is 2. The van der Waals surface area contributed by atoms with Gasteiger partial charge in [0.15, 0.2) is 0 Å². The molecule has 6 nitrogen and oxygen atoms in total. The fourth-order valence-corrected chi connectivity index (χ4v) is 4.38. The molecule has 0 spiro atoms. The molecule has 0 unspecified atom stereocenters. The molecule has 158 valence electrons. The highest BCUT2D eigenvalue weighted by atomic mass is 32.1. The minimum atomic E-state index is -0.455. The van der Waals surface area contributed by atoms with Gasteiger partial charge in [0, 0.05) is 17.4 Å². The molecular formula is C24H22N2O4S. The Morgan fingerprint density at radius 3 is 2.55 bits per heavy atom. The van der Waals surface area contributed by atoms with Crippen LogP contribution in [-0.4, -0.2) is 29.2 Å². The monoisotopic (exact) mass is 434 g/mol. The van der Waals surface area contributed by atoms with Crippen molar-refractivity contribution in [2.75, 3.05) is 13.7 Å². The van der Waals surface area contributed by atoms with Gasteiger partial charge in [0.05, 0.1) is 19.1 Å². The van der Waals surface area contributed by atoms with E-state index in [1.54, 1.807) is 14.0 Å². The highest BCUT2D eigenvalue weighted by Gasteiger charge is 2.17. The molecule has 0 aliphatic rings. The molecule has 0 aliphatic carbocycles. The Bertz CT molecular complexity index is 1260. The Hall–Kier alpha value is -3.45. The van der Waals surface area contributed by atoms with E-state index in [2.05, 4.69) is 4.98 Å². The molecule has 0 fully saturated rings. The molecule has 7 heteroatoms. The first-order chi connectivity index (χ1) is 15.1. The van der Waals surface area contributed by atoms with E-state index in [-0.39, 0.29) is 18.7 Å². The van der Waals surface area contributed by atoms with Crippen LogP contribution in [0.25, 0.3) is 21.3 Å². The van der Waals surface area contributed by atoms with Crippen LogP contribution < -0.4 is 10.3 Å². The lowest BCUT2D eigenvalue weighted by Gasteiger charge is -2.10. The zero-order valence-corrected chi connectivity index (χ0v) is 18.1. The van der Waals surface area contributed by atoms with Gasteiger partial charge in [-0.15, -0.1) is 11.3 Å². The van der Waals surface area contributed by atoms with Crippen molar-refractivity contribution in [1.29, 1.82) is 0 Å². The highest BCUT2D eigenvalue weighted by Crippen LogP contribution is 2.32. The molecular weight excluding hydrogens is 412 g/mol. The van der Waals surface area contributed by atoms with Crippen LogP contribution in [0.4, 0.5) is 0 Å². The van der Waals surface area contributed by atoms with Crippen molar-refractivity contribution in [3.63, 3.8) is 0 Å². The number of thiophene rings is 1. The van der Waals surface area contributed by atoms with Crippen molar-refractivity contribution in [2.45, 2.75) is 19.9 Å². The fraction of sp³-hybridized carbons (Fsp3) is 0.208. The van der Waals surface area contributed by atoms with E-state index in [1.165, 1.54) is 15.9 Å². The normalized spacial score (nSPS) is 10.9. The van der Waals surface area contributed by atoms with Crippen molar-refractivity contribution < 1.29 is 14.3 Å². The Kier molecular flexibility index (Phi) is 6.13. The molecule has 0 saturated carbocycles. The zero-order chi connectivity index (χ0) is 21.8. The second-order valence-corrected chi connectivity index (χ2v) is 7.92. The summed E-state index contributed by atoms with van der Waals surface area (Å²) < 4.78 is 11.9. The second kappa shape index (κ2) is 9.14. The third-order valence-electron chi connectivity index (χ3n) is 5.07. The minimum Gasteiger partial charge on any atom is -0.497 e. The Labute approximate surface area is 183 Å². The van der Waals surface area contributed by atoms with E-state index >= 15 is 0 Å². The van der Waals surface area contributed by atoms with Crippen LogP contribution in [0.2, 0.25) is 0 Å². The van der Waals surface area contributed by atoms with E-state index in [0.717, 1.165) is 22.4 Å². The first kappa shape index (κ1) is 20.8. The average Bonchev–Trinajstić information content (AvgIpc) is 3.21. The summed E-state index contributed by atoms with van der Waals surface area (Å²) in [5, 5.41) is 2.43. The molecule has 2 aromatic carbocycles. The minimum absolute atomic E-state index is 0.166. The summed E-state index contributed by atoms with van der Waals surface area (Å²) in [6, 6.07) is 17.3. The van der Waals surface area contributed by atoms with Gasteiger partial charge in [-0.1, -0.05) is 42.5 Å². The Morgan fingerprint density at radius 1 is 1.10 bits per heavy atom. The summed E-state index contributed by atoms with van der Waals surface area (Å²) >= 11 is 1.41. The lowest BCUT2D eigenvalue weighted by Crippen LogP contribution is -2.28. The number of benzene rings is 2. The number of carbonyl (C=O) groups is 1. The van der Waals surface area contributed by atoms with Gasteiger partial charge >= 0.3 is 5.97 Å². The molecule has 4 aromatic rings. The number of methoxy groups -OCH3 is 1. The third kappa shape index (κ3) is 4.51. The average molecular weight is 435 g/mol. The van der Waals surface area contributed by atoms with Gasteiger partial charge in [-0.25, -0.2) is 4.98 Å². The van der Waals surface area contributed by atoms with E-state index in [0.29, 0.717) is 22.5 Å². The number of aromatic nitrogens is 2. The van der Waals surface area contributed by atoms with Gasteiger partial charge in [0.2, 0.25) is 0 Å². The highest BCUT2D eigenvalue weighted by molar-refractivity contribution is 7.17. The topological polar surface area (TPSA) is 70.4 Å². The summed E-state index contributed by atoms with van der Waals surface area (Å²) in [6.07, 6.45) is 0.629. The number of rotatable bonds is 7. The summed E-state index contributed by atoms with van der Waals surface area (Å²) in [4.78, 5) is 30.8. The molecule has 4 rings (SSSR count). The van der Waals surface area contributed by atoms with Crippen molar-refractivity contribution in [1.82, 2.24) is 9.55 Å². The molecule has 0 atom stereocenters. The van der Waals surface area contributed by atoms with Gasteiger partial charge in [-0.3, -0.25) is 14.2 Å². The van der Waals surface area contributed by atoms with Crippen molar-refractivity contribution >= 4 is 27.5 Å². The van der Waals surface area contributed by atoms with Crippen LogP contribution in [-0.2, 0) is 22.5 Å². The maximum Gasteiger partial charge on any atom is 0.326 e. The van der Waals surface area contributed by atoms with Crippen LogP contribution in [0, 0.1) is 6.92 Å². The van der Waals surface area contributed by atoms with Gasteiger partial charge in [0.25, 0.3) is 5.56 Å².